The standard InChI is InChI=1S/C9H14O2.H3N/c1-3-5-8(9-7-11-9)10-6-4-2;/h3-4,8-9H,1-2,5-7H2;1H3. The lowest BCUT2D eigenvalue weighted by Crippen LogP contribution is -2.18. The SMILES string of the molecule is C=CCOC(CC=C)C1CO1.N. The predicted molar refractivity (Wildman–Crippen MR) is 49.5 cm³/mol. The Balaban J connectivity index is 0.00000121. The Kier molecular flexibility index (Phi) is 5.62. The number of ether oxygens (including phenoxy) is 2. The third kappa shape index (κ3) is 3.67. The van der Waals surface area contributed by atoms with E-state index in [-0.39, 0.29) is 12.3 Å². The molecular weight excluding hydrogens is 154 g/mol. The summed E-state index contributed by atoms with van der Waals surface area (Å²) in [5, 5.41) is 0. The molecule has 3 N–H and O–H groups in total. The first-order valence-corrected chi connectivity index (χ1v) is 3.83. The molecule has 1 saturated heterocycles. The lowest BCUT2D eigenvalue weighted by atomic mass is 10.2. The van der Waals surface area contributed by atoms with Gasteiger partial charge >= 0.3 is 0 Å². The third-order valence-corrected chi connectivity index (χ3v) is 1.60. The highest BCUT2D eigenvalue weighted by atomic mass is 16.6. The summed E-state index contributed by atoms with van der Waals surface area (Å²) < 4.78 is 10.6. The minimum Gasteiger partial charge on any atom is -0.371 e. The van der Waals surface area contributed by atoms with Crippen LogP contribution in [0.2, 0.25) is 0 Å². The summed E-state index contributed by atoms with van der Waals surface area (Å²) in [6.45, 7) is 8.66. The van der Waals surface area contributed by atoms with Crippen LogP contribution in [0.25, 0.3) is 0 Å². The van der Waals surface area contributed by atoms with Crippen LogP contribution in [0.4, 0.5) is 0 Å². The molecule has 3 heteroatoms. The van der Waals surface area contributed by atoms with Gasteiger partial charge in [0.05, 0.1) is 19.3 Å². The average molecular weight is 171 g/mol. The van der Waals surface area contributed by atoms with Crippen LogP contribution in [-0.2, 0) is 9.47 Å². The summed E-state index contributed by atoms with van der Waals surface area (Å²) in [6.07, 6.45) is 4.95. The van der Waals surface area contributed by atoms with Gasteiger partial charge in [-0.25, -0.2) is 0 Å². The molecule has 0 aromatic rings. The van der Waals surface area contributed by atoms with Crippen LogP contribution in [0.5, 0.6) is 0 Å². The molecule has 1 fully saturated rings. The Hall–Kier alpha value is -0.640. The van der Waals surface area contributed by atoms with Crippen LogP contribution >= 0.6 is 0 Å². The summed E-state index contributed by atoms with van der Waals surface area (Å²) in [7, 11) is 0. The van der Waals surface area contributed by atoms with E-state index in [0.717, 1.165) is 13.0 Å². The topological polar surface area (TPSA) is 56.8 Å². The van der Waals surface area contributed by atoms with E-state index in [1.807, 2.05) is 6.08 Å². The third-order valence-electron chi connectivity index (χ3n) is 1.60. The zero-order chi connectivity index (χ0) is 8.10. The van der Waals surface area contributed by atoms with Crippen LogP contribution in [0, 0.1) is 0 Å². The van der Waals surface area contributed by atoms with Crippen LogP contribution < -0.4 is 6.15 Å². The molecule has 3 nitrogen and oxygen atoms in total. The summed E-state index contributed by atoms with van der Waals surface area (Å²) in [4.78, 5) is 0. The molecule has 0 aliphatic carbocycles. The Morgan fingerprint density at radius 1 is 1.50 bits per heavy atom. The van der Waals surface area contributed by atoms with E-state index >= 15 is 0 Å². The molecule has 0 saturated carbocycles. The second-order valence-corrected chi connectivity index (χ2v) is 2.56. The van der Waals surface area contributed by atoms with Gasteiger partial charge in [0.1, 0.15) is 6.10 Å². The van der Waals surface area contributed by atoms with E-state index in [0.29, 0.717) is 12.7 Å². The van der Waals surface area contributed by atoms with Gasteiger partial charge in [-0.15, -0.1) is 13.2 Å². The van der Waals surface area contributed by atoms with E-state index in [9.17, 15) is 0 Å². The smallest absolute Gasteiger partial charge is 0.107 e. The molecule has 1 aliphatic rings. The normalized spacial score (nSPS) is 22.2. The molecule has 1 aliphatic heterocycles. The fourth-order valence-electron chi connectivity index (χ4n) is 0.953. The summed E-state index contributed by atoms with van der Waals surface area (Å²) >= 11 is 0. The van der Waals surface area contributed by atoms with Gasteiger partial charge in [-0.1, -0.05) is 12.2 Å². The molecule has 0 radical (unpaired) electrons. The quantitative estimate of drug-likeness (QED) is 0.488. The van der Waals surface area contributed by atoms with Gasteiger partial charge in [0.25, 0.3) is 0 Å². The van der Waals surface area contributed by atoms with Crippen molar-refractivity contribution in [2.24, 2.45) is 0 Å². The van der Waals surface area contributed by atoms with Crippen molar-refractivity contribution in [3.63, 3.8) is 0 Å². The van der Waals surface area contributed by atoms with Crippen molar-refractivity contribution in [1.82, 2.24) is 6.15 Å². The van der Waals surface area contributed by atoms with Crippen molar-refractivity contribution < 1.29 is 9.47 Å². The molecule has 0 bridgehead atoms. The first kappa shape index (κ1) is 11.4. The van der Waals surface area contributed by atoms with E-state index in [4.69, 9.17) is 9.47 Å². The van der Waals surface area contributed by atoms with E-state index in [2.05, 4.69) is 13.2 Å². The van der Waals surface area contributed by atoms with Crippen LogP contribution in [0.1, 0.15) is 6.42 Å². The van der Waals surface area contributed by atoms with Crippen molar-refractivity contribution in [2.45, 2.75) is 18.6 Å². The molecule has 12 heavy (non-hydrogen) atoms. The fraction of sp³-hybridized carbons (Fsp3) is 0.556. The van der Waals surface area contributed by atoms with Gasteiger partial charge in [-0.2, -0.15) is 0 Å². The van der Waals surface area contributed by atoms with Crippen LogP contribution in [-0.4, -0.2) is 25.4 Å². The van der Waals surface area contributed by atoms with Gasteiger partial charge in [-0.3, -0.25) is 0 Å². The minimum absolute atomic E-state index is 0. The van der Waals surface area contributed by atoms with Gasteiger partial charge in [-0.05, 0) is 6.42 Å². The Labute approximate surface area is 73.6 Å². The maximum atomic E-state index is 5.44. The molecule has 0 amide bonds. The maximum Gasteiger partial charge on any atom is 0.107 e. The fourth-order valence-corrected chi connectivity index (χ4v) is 0.953. The number of hydrogen-bond donors (Lipinski definition) is 1. The molecule has 2 unspecified atom stereocenters. The highest BCUT2D eigenvalue weighted by molar-refractivity contribution is 4.86. The largest absolute Gasteiger partial charge is 0.371 e. The molecule has 0 aromatic heterocycles. The summed E-state index contributed by atoms with van der Waals surface area (Å²) in [5.41, 5.74) is 0. The number of hydrogen-bond acceptors (Lipinski definition) is 3. The summed E-state index contributed by atoms with van der Waals surface area (Å²) in [6, 6.07) is 0. The molecule has 1 heterocycles. The van der Waals surface area contributed by atoms with Crippen molar-refractivity contribution in [3.05, 3.63) is 25.3 Å². The predicted octanol–water partition coefficient (Wildman–Crippen LogP) is 1.69. The van der Waals surface area contributed by atoms with Crippen LogP contribution in [0.15, 0.2) is 25.3 Å². The first-order chi connectivity index (χ1) is 5.38. The van der Waals surface area contributed by atoms with Gasteiger partial charge in [0.2, 0.25) is 0 Å². The summed E-state index contributed by atoms with van der Waals surface area (Å²) in [5.74, 6) is 0. The van der Waals surface area contributed by atoms with Crippen molar-refractivity contribution in [3.8, 4) is 0 Å². The Morgan fingerprint density at radius 3 is 2.58 bits per heavy atom. The average Bonchev–Trinajstić information content (AvgIpc) is 2.80. The molecule has 70 valence electrons. The zero-order valence-electron chi connectivity index (χ0n) is 7.37. The zero-order valence-corrected chi connectivity index (χ0v) is 7.37. The Bertz CT molecular complexity index is 143. The van der Waals surface area contributed by atoms with Gasteiger partial charge in [0.15, 0.2) is 0 Å². The number of rotatable bonds is 6. The second kappa shape index (κ2) is 5.94. The Morgan fingerprint density at radius 2 is 2.17 bits per heavy atom. The molecule has 0 spiro atoms. The minimum atomic E-state index is 0. The maximum absolute atomic E-state index is 5.44. The molecule has 1 rings (SSSR count). The molecule has 2 atom stereocenters. The number of epoxide rings is 1. The lowest BCUT2D eigenvalue weighted by molar-refractivity contribution is 0.0540. The monoisotopic (exact) mass is 171 g/mol. The highest BCUT2D eigenvalue weighted by Gasteiger charge is 2.32. The van der Waals surface area contributed by atoms with Gasteiger partial charge in [0, 0.05) is 0 Å². The highest BCUT2D eigenvalue weighted by Crippen LogP contribution is 2.19. The van der Waals surface area contributed by atoms with Gasteiger partial charge < -0.3 is 15.6 Å². The second-order valence-electron chi connectivity index (χ2n) is 2.56. The van der Waals surface area contributed by atoms with Crippen molar-refractivity contribution in [2.75, 3.05) is 13.2 Å². The lowest BCUT2D eigenvalue weighted by Gasteiger charge is -2.11. The van der Waals surface area contributed by atoms with E-state index in [1.165, 1.54) is 0 Å². The first-order valence-electron chi connectivity index (χ1n) is 3.83. The van der Waals surface area contributed by atoms with Crippen LogP contribution in [0.3, 0.4) is 0 Å². The molecule has 0 aromatic carbocycles. The molecular formula is C9H17NO2. The van der Waals surface area contributed by atoms with Crippen molar-refractivity contribution in [1.29, 1.82) is 0 Å². The van der Waals surface area contributed by atoms with E-state index < -0.39 is 0 Å². The van der Waals surface area contributed by atoms with E-state index in [1.54, 1.807) is 6.08 Å². The van der Waals surface area contributed by atoms with Crippen molar-refractivity contribution >= 4 is 0 Å².